The highest BCUT2D eigenvalue weighted by atomic mass is 32.2. The van der Waals surface area contributed by atoms with Gasteiger partial charge in [-0.15, -0.1) is 0 Å². The van der Waals surface area contributed by atoms with Gasteiger partial charge in [0.2, 0.25) is 0 Å². The Morgan fingerprint density at radius 1 is 0.871 bits per heavy atom. The Hall–Kier alpha value is -3.52. The molecule has 0 saturated carbocycles. The molecule has 3 aromatic carbocycles. The Kier molecular flexibility index (Phi) is 5.56. The molecule has 0 fully saturated rings. The molecule has 8 heteroatoms. The van der Waals surface area contributed by atoms with Crippen LogP contribution >= 0.6 is 0 Å². The second-order valence-electron chi connectivity index (χ2n) is 7.21. The van der Waals surface area contributed by atoms with Crippen LogP contribution in [-0.2, 0) is 10.0 Å². The Labute approximate surface area is 181 Å². The van der Waals surface area contributed by atoms with Crippen molar-refractivity contribution in [3.63, 3.8) is 0 Å². The molecule has 1 heterocycles. The van der Waals surface area contributed by atoms with E-state index in [4.69, 9.17) is 9.47 Å². The van der Waals surface area contributed by atoms with Gasteiger partial charge in [-0.2, -0.15) is 0 Å². The molecule has 0 atom stereocenters. The second-order valence-corrected chi connectivity index (χ2v) is 8.89. The predicted molar refractivity (Wildman–Crippen MR) is 119 cm³/mol. The van der Waals surface area contributed by atoms with Gasteiger partial charge in [0.15, 0.2) is 11.5 Å². The number of amides is 1. The topological polar surface area (TPSA) is 93.7 Å². The Morgan fingerprint density at radius 2 is 1.61 bits per heavy atom. The molecule has 0 unspecified atom stereocenters. The molecule has 2 N–H and O–H groups in total. The molecule has 0 radical (unpaired) electrons. The lowest BCUT2D eigenvalue weighted by Crippen LogP contribution is -2.18. The van der Waals surface area contributed by atoms with Gasteiger partial charge in [0.25, 0.3) is 15.9 Å². The summed E-state index contributed by atoms with van der Waals surface area (Å²) >= 11 is 0. The van der Waals surface area contributed by atoms with Crippen LogP contribution in [0.15, 0.2) is 65.6 Å². The molecule has 7 nitrogen and oxygen atoms in total. The normalized spacial score (nSPS) is 12.8. The van der Waals surface area contributed by atoms with Crippen LogP contribution in [0.4, 0.5) is 11.4 Å². The van der Waals surface area contributed by atoms with Gasteiger partial charge in [0.05, 0.1) is 10.6 Å². The third kappa shape index (κ3) is 4.49. The molecule has 0 aliphatic carbocycles. The lowest BCUT2D eigenvalue weighted by Gasteiger charge is -2.19. The van der Waals surface area contributed by atoms with E-state index in [0.717, 1.165) is 5.56 Å². The number of rotatable bonds is 5. The van der Waals surface area contributed by atoms with Crippen molar-refractivity contribution in [2.75, 3.05) is 23.3 Å². The lowest BCUT2D eigenvalue weighted by atomic mass is 10.1. The lowest BCUT2D eigenvalue weighted by molar-refractivity contribution is 0.102. The molecule has 1 aliphatic rings. The average molecular weight is 439 g/mol. The number of fused-ring (bicyclic) bond motifs is 1. The zero-order valence-corrected chi connectivity index (χ0v) is 18.0. The number of ether oxygens (including phenoxy) is 2. The number of aryl methyl sites for hydroxylation is 2. The van der Waals surface area contributed by atoms with Gasteiger partial charge in [-0.25, -0.2) is 8.42 Å². The van der Waals surface area contributed by atoms with E-state index >= 15 is 0 Å². The van der Waals surface area contributed by atoms with Gasteiger partial charge in [0, 0.05) is 17.3 Å². The van der Waals surface area contributed by atoms with Crippen molar-refractivity contribution in [2.24, 2.45) is 0 Å². The van der Waals surface area contributed by atoms with E-state index in [2.05, 4.69) is 10.0 Å². The highest BCUT2D eigenvalue weighted by Gasteiger charge is 2.20. The molecule has 0 aromatic heterocycles. The summed E-state index contributed by atoms with van der Waals surface area (Å²) in [6.07, 6.45) is 0. The first-order valence-electron chi connectivity index (χ1n) is 9.73. The van der Waals surface area contributed by atoms with Crippen LogP contribution in [0.2, 0.25) is 0 Å². The summed E-state index contributed by atoms with van der Waals surface area (Å²) in [6.45, 7) is 4.50. The zero-order valence-electron chi connectivity index (χ0n) is 17.1. The fourth-order valence-corrected chi connectivity index (χ4v) is 4.38. The van der Waals surface area contributed by atoms with Crippen molar-refractivity contribution < 1.29 is 22.7 Å². The van der Waals surface area contributed by atoms with Crippen molar-refractivity contribution in [2.45, 2.75) is 18.7 Å². The minimum Gasteiger partial charge on any atom is -0.486 e. The smallest absolute Gasteiger partial charge is 0.261 e. The molecule has 1 aliphatic heterocycles. The van der Waals surface area contributed by atoms with E-state index in [9.17, 15) is 13.2 Å². The summed E-state index contributed by atoms with van der Waals surface area (Å²) in [7, 11) is -3.86. The minimum atomic E-state index is -3.86. The van der Waals surface area contributed by atoms with E-state index in [1.807, 2.05) is 19.1 Å². The number of benzene rings is 3. The van der Waals surface area contributed by atoms with Crippen LogP contribution in [0.25, 0.3) is 0 Å². The summed E-state index contributed by atoms with van der Waals surface area (Å²) in [5, 5.41) is 2.80. The molecule has 1 amide bonds. The fourth-order valence-electron chi connectivity index (χ4n) is 3.22. The SMILES string of the molecule is Cc1ccccc1NS(=O)(=O)c1ccc(C)c(C(=O)Nc2ccc3c(c2)OCCO3)c1. The highest BCUT2D eigenvalue weighted by molar-refractivity contribution is 7.92. The summed E-state index contributed by atoms with van der Waals surface area (Å²) in [5.74, 6) is 0.762. The Bertz CT molecular complexity index is 1250. The van der Waals surface area contributed by atoms with Gasteiger partial charge >= 0.3 is 0 Å². The Morgan fingerprint density at radius 3 is 2.39 bits per heavy atom. The van der Waals surface area contributed by atoms with Crippen LogP contribution in [0.1, 0.15) is 21.5 Å². The minimum absolute atomic E-state index is 0.00803. The summed E-state index contributed by atoms with van der Waals surface area (Å²) < 4.78 is 39.4. The maximum atomic E-state index is 12.9. The first-order chi connectivity index (χ1) is 14.8. The number of para-hydroxylation sites is 1. The van der Waals surface area contributed by atoms with E-state index in [-0.39, 0.29) is 10.5 Å². The first-order valence-corrected chi connectivity index (χ1v) is 11.2. The second kappa shape index (κ2) is 8.31. The molecule has 31 heavy (non-hydrogen) atoms. The maximum Gasteiger partial charge on any atom is 0.261 e. The monoisotopic (exact) mass is 438 g/mol. The third-order valence-electron chi connectivity index (χ3n) is 4.95. The third-order valence-corrected chi connectivity index (χ3v) is 6.32. The van der Waals surface area contributed by atoms with Crippen molar-refractivity contribution in [1.82, 2.24) is 0 Å². The number of sulfonamides is 1. The number of nitrogens with one attached hydrogen (secondary N) is 2. The quantitative estimate of drug-likeness (QED) is 0.625. The van der Waals surface area contributed by atoms with Crippen molar-refractivity contribution in [3.8, 4) is 11.5 Å². The zero-order chi connectivity index (χ0) is 22.0. The first kappa shape index (κ1) is 20.7. The fraction of sp³-hybridized carbons (Fsp3) is 0.174. The molecule has 4 rings (SSSR count). The van der Waals surface area contributed by atoms with E-state index in [0.29, 0.717) is 41.7 Å². The number of anilines is 2. The molecular weight excluding hydrogens is 416 g/mol. The van der Waals surface area contributed by atoms with Gasteiger partial charge < -0.3 is 14.8 Å². The molecule has 160 valence electrons. The molecular formula is C23H22N2O5S. The van der Waals surface area contributed by atoms with Crippen LogP contribution < -0.4 is 19.5 Å². The predicted octanol–water partition coefficient (Wildman–Crippen LogP) is 4.13. The van der Waals surface area contributed by atoms with Gasteiger partial charge in [-0.05, 0) is 55.3 Å². The molecule has 3 aromatic rings. The molecule has 0 spiro atoms. The van der Waals surface area contributed by atoms with E-state index in [1.165, 1.54) is 12.1 Å². The van der Waals surface area contributed by atoms with Crippen molar-refractivity contribution in [1.29, 1.82) is 0 Å². The summed E-state index contributed by atoms with van der Waals surface area (Å²) in [6, 6.07) is 16.7. The van der Waals surface area contributed by atoms with Crippen LogP contribution in [0.5, 0.6) is 11.5 Å². The highest BCUT2D eigenvalue weighted by Crippen LogP contribution is 2.33. The number of hydrogen-bond donors (Lipinski definition) is 2. The number of carbonyl (C=O) groups is 1. The number of hydrogen-bond acceptors (Lipinski definition) is 5. The summed E-state index contributed by atoms with van der Waals surface area (Å²) in [5.41, 5.74) is 2.74. The maximum absolute atomic E-state index is 12.9. The Balaban J connectivity index is 1.58. The largest absolute Gasteiger partial charge is 0.486 e. The van der Waals surface area contributed by atoms with Crippen LogP contribution in [-0.4, -0.2) is 27.5 Å². The van der Waals surface area contributed by atoms with Crippen LogP contribution in [0.3, 0.4) is 0 Å². The van der Waals surface area contributed by atoms with Crippen LogP contribution in [0, 0.1) is 13.8 Å². The van der Waals surface area contributed by atoms with Gasteiger partial charge in [0.1, 0.15) is 13.2 Å². The summed E-state index contributed by atoms with van der Waals surface area (Å²) in [4.78, 5) is 12.9. The standard InChI is InChI=1S/C23H22N2O5S/c1-15-7-9-18(31(27,28)25-20-6-4-3-5-16(20)2)14-19(15)23(26)24-17-8-10-21-22(13-17)30-12-11-29-21/h3-10,13-14,25H,11-12H2,1-2H3,(H,24,26). The van der Waals surface area contributed by atoms with Gasteiger partial charge in [-0.3, -0.25) is 9.52 Å². The number of carbonyl (C=O) groups excluding carboxylic acids is 1. The van der Waals surface area contributed by atoms with Crippen molar-refractivity contribution in [3.05, 3.63) is 77.4 Å². The molecule has 0 saturated heterocycles. The van der Waals surface area contributed by atoms with Crippen molar-refractivity contribution >= 4 is 27.3 Å². The van der Waals surface area contributed by atoms with E-state index < -0.39 is 15.9 Å². The van der Waals surface area contributed by atoms with E-state index in [1.54, 1.807) is 43.3 Å². The van der Waals surface area contributed by atoms with Gasteiger partial charge in [-0.1, -0.05) is 24.3 Å². The molecule has 0 bridgehead atoms. The average Bonchev–Trinajstić information content (AvgIpc) is 2.75.